The van der Waals surface area contributed by atoms with Crippen LogP contribution in [0, 0.1) is 23.1 Å². The molecule has 0 heterocycles. The monoisotopic (exact) mass is 417 g/mol. The lowest BCUT2D eigenvalue weighted by Crippen LogP contribution is -2.35. The van der Waals surface area contributed by atoms with E-state index in [0.717, 1.165) is 6.54 Å². The van der Waals surface area contributed by atoms with Crippen LogP contribution < -0.4 is 16.4 Å². The summed E-state index contributed by atoms with van der Waals surface area (Å²) in [4.78, 5) is 4.28. The Balaban J connectivity index is 0.00000242. The Hall–Kier alpha value is -1.56. The van der Waals surface area contributed by atoms with Gasteiger partial charge in [0.25, 0.3) is 0 Å². The van der Waals surface area contributed by atoms with Crippen molar-refractivity contribution in [3.05, 3.63) is 29.6 Å². The van der Waals surface area contributed by atoms with Gasteiger partial charge in [-0.2, -0.15) is 5.26 Å². The molecule has 0 amide bonds. The first-order chi connectivity index (χ1) is 10.2. The summed E-state index contributed by atoms with van der Waals surface area (Å²) in [6, 6.07) is 6.37. The zero-order valence-electron chi connectivity index (χ0n) is 12.3. The number of benzene rings is 1. The molecule has 0 atom stereocenters. The zero-order valence-corrected chi connectivity index (χ0v) is 14.6. The van der Waals surface area contributed by atoms with Gasteiger partial charge >= 0.3 is 0 Å². The minimum atomic E-state index is -0.517. The fraction of sp³-hybridized carbons (Fsp3) is 0.467. The van der Waals surface area contributed by atoms with E-state index >= 15 is 0 Å². The third kappa shape index (κ3) is 5.33. The SMILES string of the molecule is I.N#Cc1c(F)cccc1NCCNC(N)=NCC1CCC1. The molecule has 0 unspecified atom stereocenters. The minimum absolute atomic E-state index is 0. The van der Waals surface area contributed by atoms with E-state index in [0.29, 0.717) is 30.7 Å². The minimum Gasteiger partial charge on any atom is -0.382 e. The van der Waals surface area contributed by atoms with Crippen LogP contribution in [0.1, 0.15) is 24.8 Å². The van der Waals surface area contributed by atoms with Crippen molar-refractivity contribution in [1.82, 2.24) is 5.32 Å². The Kier molecular flexibility index (Phi) is 7.95. The summed E-state index contributed by atoms with van der Waals surface area (Å²) in [5.74, 6) is 0.606. The van der Waals surface area contributed by atoms with E-state index in [-0.39, 0.29) is 29.5 Å². The number of hydrogen-bond donors (Lipinski definition) is 3. The van der Waals surface area contributed by atoms with Crippen molar-refractivity contribution < 1.29 is 4.39 Å². The number of hydrogen-bond acceptors (Lipinski definition) is 3. The standard InChI is InChI=1S/C15H20FN5.HI/c16-13-5-2-6-14(12(13)9-17)19-7-8-20-15(18)21-10-11-3-1-4-11;/h2,5-6,11,19H,1,3-4,7-8,10H2,(H3,18,20,21);1H. The molecule has 1 aromatic carbocycles. The second-order valence-electron chi connectivity index (χ2n) is 5.15. The number of anilines is 1. The second kappa shape index (κ2) is 9.46. The largest absolute Gasteiger partial charge is 0.382 e. The van der Waals surface area contributed by atoms with E-state index in [1.54, 1.807) is 12.1 Å². The highest BCUT2D eigenvalue weighted by atomic mass is 127. The Morgan fingerprint density at radius 2 is 2.18 bits per heavy atom. The van der Waals surface area contributed by atoms with Crippen LogP contribution in [0.5, 0.6) is 0 Å². The number of nitriles is 1. The maximum Gasteiger partial charge on any atom is 0.188 e. The van der Waals surface area contributed by atoms with Gasteiger partial charge in [0.1, 0.15) is 17.4 Å². The molecule has 22 heavy (non-hydrogen) atoms. The average Bonchev–Trinajstić information content (AvgIpc) is 2.42. The first-order valence-corrected chi connectivity index (χ1v) is 7.17. The summed E-state index contributed by atoms with van der Waals surface area (Å²) in [5.41, 5.74) is 6.28. The van der Waals surface area contributed by atoms with Crippen LogP contribution in [-0.4, -0.2) is 25.6 Å². The molecule has 2 rings (SSSR count). The molecule has 1 aliphatic rings. The van der Waals surface area contributed by atoms with Crippen LogP contribution in [0.25, 0.3) is 0 Å². The van der Waals surface area contributed by atoms with Crippen LogP contribution in [-0.2, 0) is 0 Å². The van der Waals surface area contributed by atoms with Gasteiger partial charge in [0, 0.05) is 19.6 Å². The fourth-order valence-corrected chi connectivity index (χ4v) is 2.13. The Morgan fingerprint density at radius 3 is 2.82 bits per heavy atom. The molecule has 1 saturated carbocycles. The van der Waals surface area contributed by atoms with E-state index in [9.17, 15) is 4.39 Å². The van der Waals surface area contributed by atoms with Crippen molar-refractivity contribution in [1.29, 1.82) is 5.26 Å². The quantitative estimate of drug-likeness (QED) is 0.287. The first-order valence-electron chi connectivity index (χ1n) is 7.17. The number of aliphatic imine (C=N–C) groups is 1. The van der Waals surface area contributed by atoms with E-state index in [1.807, 2.05) is 6.07 Å². The Morgan fingerprint density at radius 1 is 1.41 bits per heavy atom. The fourth-order valence-electron chi connectivity index (χ4n) is 2.13. The van der Waals surface area contributed by atoms with Gasteiger partial charge in [-0.3, -0.25) is 4.99 Å². The maximum absolute atomic E-state index is 13.4. The van der Waals surface area contributed by atoms with Crippen molar-refractivity contribution in [3.8, 4) is 6.07 Å². The van der Waals surface area contributed by atoms with Crippen LogP contribution in [0.4, 0.5) is 10.1 Å². The third-order valence-corrected chi connectivity index (χ3v) is 3.62. The maximum atomic E-state index is 13.4. The topological polar surface area (TPSA) is 86.2 Å². The number of nitrogens with two attached hydrogens (primary N) is 1. The predicted molar refractivity (Wildman–Crippen MR) is 96.9 cm³/mol. The number of guanidine groups is 1. The molecular weight excluding hydrogens is 396 g/mol. The molecule has 0 spiro atoms. The zero-order chi connectivity index (χ0) is 15.1. The van der Waals surface area contributed by atoms with E-state index in [2.05, 4.69) is 15.6 Å². The van der Waals surface area contributed by atoms with Crippen molar-refractivity contribution in [2.24, 2.45) is 16.6 Å². The molecule has 120 valence electrons. The molecular formula is C15H21FIN5. The van der Waals surface area contributed by atoms with Gasteiger partial charge in [0.2, 0.25) is 0 Å². The molecule has 0 bridgehead atoms. The van der Waals surface area contributed by atoms with Crippen LogP contribution in [0.3, 0.4) is 0 Å². The van der Waals surface area contributed by atoms with Gasteiger partial charge in [0.05, 0.1) is 5.69 Å². The van der Waals surface area contributed by atoms with E-state index in [4.69, 9.17) is 11.0 Å². The number of nitrogens with zero attached hydrogens (tertiary/aromatic N) is 2. The van der Waals surface area contributed by atoms with Crippen molar-refractivity contribution in [2.45, 2.75) is 19.3 Å². The van der Waals surface area contributed by atoms with E-state index < -0.39 is 5.82 Å². The van der Waals surface area contributed by atoms with Gasteiger partial charge < -0.3 is 16.4 Å². The summed E-state index contributed by atoms with van der Waals surface area (Å²) in [6.07, 6.45) is 3.79. The first kappa shape index (κ1) is 18.5. The Bertz CT molecular complexity index is 551. The van der Waals surface area contributed by atoms with Crippen LogP contribution in [0.15, 0.2) is 23.2 Å². The third-order valence-electron chi connectivity index (χ3n) is 3.62. The van der Waals surface area contributed by atoms with Gasteiger partial charge in [-0.15, -0.1) is 24.0 Å². The van der Waals surface area contributed by atoms with Crippen LogP contribution >= 0.6 is 24.0 Å². The predicted octanol–water partition coefficient (Wildman–Crippen LogP) is 2.43. The molecule has 5 nitrogen and oxygen atoms in total. The van der Waals surface area contributed by atoms with Crippen molar-refractivity contribution in [3.63, 3.8) is 0 Å². The molecule has 0 saturated heterocycles. The lowest BCUT2D eigenvalue weighted by molar-refractivity contribution is 0.326. The lowest BCUT2D eigenvalue weighted by atomic mass is 9.86. The highest BCUT2D eigenvalue weighted by molar-refractivity contribution is 14.0. The number of halogens is 2. The molecule has 4 N–H and O–H groups in total. The summed E-state index contributed by atoms with van der Waals surface area (Å²) in [7, 11) is 0. The van der Waals surface area contributed by atoms with Gasteiger partial charge in [0.15, 0.2) is 5.96 Å². The highest BCUT2D eigenvalue weighted by Crippen LogP contribution is 2.26. The molecule has 0 aromatic heterocycles. The summed E-state index contributed by atoms with van der Waals surface area (Å²) in [5, 5.41) is 14.9. The molecule has 1 aromatic rings. The summed E-state index contributed by atoms with van der Waals surface area (Å²) in [6.45, 7) is 1.87. The number of rotatable bonds is 6. The molecule has 1 fully saturated rings. The highest BCUT2D eigenvalue weighted by Gasteiger charge is 2.16. The Labute approximate surface area is 147 Å². The average molecular weight is 417 g/mol. The van der Waals surface area contributed by atoms with Gasteiger partial charge in [-0.05, 0) is 30.9 Å². The normalized spacial score (nSPS) is 14.5. The van der Waals surface area contributed by atoms with Gasteiger partial charge in [-0.25, -0.2) is 4.39 Å². The summed E-state index contributed by atoms with van der Waals surface area (Å²) >= 11 is 0. The van der Waals surface area contributed by atoms with Crippen molar-refractivity contribution >= 4 is 35.6 Å². The van der Waals surface area contributed by atoms with Crippen molar-refractivity contribution in [2.75, 3.05) is 25.0 Å². The molecule has 0 radical (unpaired) electrons. The lowest BCUT2D eigenvalue weighted by Gasteiger charge is -2.23. The smallest absolute Gasteiger partial charge is 0.188 e. The second-order valence-corrected chi connectivity index (χ2v) is 5.15. The molecule has 1 aliphatic carbocycles. The summed E-state index contributed by atoms with van der Waals surface area (Å²) < 4.78 is 13.4. The van der Waals surface area contributed by atoms with Gasteiger partial charge in [-0.1, -0.05) is 12.5 Å². The van der Waals surface area contributed by atoms with Crippen LogP contribution in [0.2, 0.25) is 0 Å². The molecule has 0 aliphatic heterocycles. The van der Waals surface area contributed by atoms with E-state index in [1.165, 1.54) is 25.3 Å². The molecule has 7 heteroatoms. The number of nitrogens with one attached hydrogen (secondary N) is 2.